The van der Waals surface area contributed by atoms with Crippen molar-refractivity contribution >= 4 is 22.8 Å². The highest BCUT2D eigenvalue weighted by Gasteiger charge is 2.10. The number of aldehydes is 1. The minimum atomic E-state index is 0.247. The van der Waals surface area contributed by atoms with Crippen molar-refractivity contribution in [1.82, 2.24) is 4.98 Å². The van der Waals surface area contributed by atoms with Crippen LogP contribution in [0.2, 0.25) is 0 Å². The fourth-order valence-electron chi connectivity index (χ4n) is 1.19. The molecule has 0 spiro atoms. The Labute approximate surface area is 100 Å². The number of hydrogen-bond donors (Lipinski definition) is 0. The first kappa shape index (κ1) is 13.1. The van der Waals surface area contributed by atoms with Gasteiger partial charge in [-0.05, 0) is 20.8 Å². The second-order valence-electron chi connectivity index (χ2n) is 3.91. The molecular weight excluding hydrogens is 224 g/mol. The van der Waals surface area contributed by atoms with Crippen molar-refractivity contribution in [3.8, 4) is 0 Å². The lowest BCUT2D eigenvalue weighted by Gasteiger charge is -2.16. The Balaban J connectivity index is 2.52. The van der Waals surface area contributed by atoms with Crippen LogP contribution < -0.4 is 4.90 Å². The second kappa shape index (κ2) is 5.96. The Morgan fingerprint density at radius 3 is 2.75 bits per heavy atom. The van der Waals surface area contributed by atoms with Gasteiger partial charge in [0.1, 0.15) is 0 Å². The number of ether oxygens (including phenoxy) is 1. The summed E-state index contributed by atoms with van der Waals surface area (Å²) in [6, 6.07) is 0. The molecule has 1 heterocycles. The molecule has 0 saturated heterocycles. The van der Waals surface area contributed by atoms with Gasteiger partial charge in [0.25, 0.3) is 0 Å². The van der Waals surface area contributed by atoms with E-state index < -0.39 is 0 Å². The van der Waals surface area contributed by atoms with E-state index in [1.807, 2.05) is 32.7 Å². The Kier molecular flexibility index (Phi) is 4.89. The molecule has 0 atom stereocenters. The van der Waals surface area contributed by atoms with Crippen LogP contribution in [0.25, 0.3) is 0 Å². The molecular formula is C11H18N2O2S. The molecule has 0 unspecified atom stereocenters. The summed E-state index contributed by atoms with van der Waals surface area (Å²) in [6.07, 6.45) is 1.10. The molecule has 0 radical (unpaired) electrons. The largest absolute Gasteiger partial charge is 0.377 e. The van der Waals surface area contributed by atoms with E-state index in [4.69, 9.17) is 4.74 Å². The van der Waals surface area contributed by atoms with Crippen molar-refractivity contribution in [3.05, 3.63) is 10.6 Å². The summed E-state index contributed by atoms with van der Waals surface area (Å²) in [5.74, 6) is 0. The number of nitrogens with zero attached hydrogens (tertiary/aromatic N) is 2. The maximum Gasteiger partial charge on any atom is 0.186 e. The summed E-state index contributed by atoms with van der Waals surface area (Å²) in [4.78, 5) is 17.7. The molecule has 0 aromatic carbocycles. The molecule has 0 N–H and O–H groups in total. The van der Waals surface area contributed by atoms with E-state index >= 15 is 0 Å². The van der Waals surface area contributed by atoms with E-state index in [2.05, 4.69) is 4.98 Å². The average Bonchev–Trinajstić information content (AvgIpc) is 2.59. The third-order valence-electron chi connectivity index (χ3n) is 2.13. The molecule has 16 heavy (non-hydrogen) atoms. The van der Waals surface area contributed by atoms with Crippen molar-refractivity contribution < 1.29 is 9.53 Å². The lowest BCUT2D eigenvalue weighted by Crippen LogP contribution is -2.23. The van der Waals surface area contributed by atoms with Gasteiger partial charge in [-0.1, -0.05) is 11.3 Å². The summed E-state index contributed by atoms with van der Waals surface area (Å²) in [5, 5.41) is 0.868. The third-order valence-corrected chi connectivity index (χ3v) is 3.33. The Morgan fingerprint density at radius 1 is 1.56 bits per heavy atom. The topological polar surface area (TPSA) is 42.4 Å². The SMILES string of the molecule is Cc1nc(N(C)CCOC(C)C)sc1C=O. The molecule has 1 rings (SSSR count). The van der Waals surface area contributed by atoms with Crippen molar-refractivity contribution in [2.45, 2.75) is 26.9 Å². The summed E-state index contributed by atoms with van der Waals surface area (Å²) in [5.41, 5.74) is 0.798. The number of thiazole rings is 1. The van der Waals surface area contributed by atoms with Crippen LogP contribution in [0.5, 0.6) is 0 Å². The van der Waals surface area contributed by atoms with Crippen LogP contribution in [0.15, 0.2) is 0 Å². The van der Waals surface area contributed by atoms with Gasteiger partial charge in [0, 0.05) is 13.6 Å². The first-order valence-electron chi connectivity index (χ1n) is 5.30. The maximum absolute atomic E-state index is 10.7. The van der Waals surface area contributed by atoms with Gasteiger partial charge in [0.05, 0.1) is 23.3 Å². The van der Waals surface area contributed by atoms with Crippen LogP contribution >= 0.6 is 11.3 Å². The highest BCUT2D eigenvalue weighted by atomic mass is 32.1. The highest BCUT2D eigenvalue weighted by Crippen LogP contribution is 2.23. The number of aryl methyl sites for hydroxylation is 1. The second-order valence-corrected chi connectivity index (χ2v) is 4.91. The molecule has 0 saturated carbocycles. The number of hydrogen-bond acceptors (Lipinski definition) is 5. The van der Waals surface area contributed by atoms with Gasteiger partial charge >= 0.3 is 0 Å². The zero-order chi connectivity index (χ0) is 12.1. The van der Waals surface area contributed by atoms with Crippen LogP contribution in [0, 0.1) is 6.92 Å². The number of carbonyl (C=O) groups excluding carboxylic acids is 1. The number of aromatic nitrogens is 1. The third kappa shape index (κ3) is 3.57. The van der Waals surface area contributed by atoms with Gasteiger partial charge in [0.2, 0.25) is 0 Å². The fourth-order valence-corrected chi connectivity index (χ4v) is 2.06. The molecule has 5 heteroatoms. The Morgan fingerprint density at radius 2 is 2.25 bits per heavy atom. The predicted molar refractivity (Wildman–Crippen MR) is 66.6 cm³/mol. The Hall–Kier alpha value is -0.940. The molecule has 0 bridgehead atoms. The van der Waals surface area contributed by atoms with Gasteiger partial charge < -0.3 is 9.64 Å². The zero-order valence-electron chi connectivity index (χ0n) is 10.2. The summed E-state index contributed by atoms with van der Waals surface area (Å²) < 4.78 is 5.46. The van der Waals surface area contributed by atoms with E-state index in [0.717, 1.165) is 23.7 Å². The summed E-state index contributed by atoms with van der Waals surface area (Å²) >= 11 is 1.42. The summed E-state index contributed by atoms with van der Waals surface area (Å²) in [7, 11) is 1.95. The molecule has 1 aromatic rings. The smallest absolute Gasteiger partial charge is 0.186 e. The highest BCUT2D eigenvalue weighted by molar-refractivity contribution is 7.17. The fraction of sp³-hybridized carbons (Fsp3) is 0.636. The number of rotatable bonds is 6. The number of likely N-dealkylation sites (N-methyl/N-ethyl adjacent to an activating group) is 1. The molecule has 4 nitrogen and oxygen atoms in total. The van der Waals surface area contributed by atoms with Crippen LogP contribution in [-0.4, -0.2) is 37.6 Å². The van der Waals surface area contributed by atoms with E-state index in [-0.39, 0.29) is 6.10 Å². The van der Waals surface area contributed by atoms with Crippen molar-refractivity contribution in [2.24, 2.45) is 0 Å². The minimum absolute atomic E-state index is 0.247. The van der Waals surface area contributed by atoms with E-state index in [1.54, 1.807) is 0 Å². The molecule has 0 aliphatic carbocycles. The van der Waals surface area contributed by atoms with Crippen LogP contribution in [0.3, 0.4) is 0 Å². The van der Waals surface area contributed by atoms with Gasteiger partial charge in [0.15, 0.2) is 11.4 Å². The molecule has 90 valence electrons. The standard InChI is InChI=1S/C11H18N2O2S/c1-8(2)15-6-5-13(4)11-12-9(3)10(7-14)16-11/h7-8H,5-6H2,1-4H3. The van der Waals surface area contributed by atoms with E-state index in [9.17, 15) is 4.79 Å². The van der Waals surface area contributed by atoms with Gasteiger partial charge in [-0.3, -0.25) is 4.79 Å². The van der Waals surface area contributed by atoms with Crippen molar-refractivity contribution in [3.63, 3.8) is 0 Å². The molecule has 0 aliphatic rings. The van der Waals surface area contributed by atoms with Gasteiger partial charge in [-0.2, -0.15) is 0 Å². The first-order valence-corrected chi connectivity index (χ1v) is 6.11. The van der Waals surface area contributed by atoms with Crippen molar-refractivity contribution in [1.29, 1.82) is 0 Å². The normalized spacial score (nSPS) is 10.8. The number of carbonyl (C=O) groups is 1. The lowest BCUT2D eigenvalue weighted by atomic mass is 10.4. The minimum Gasteiger partial charge on any atom is -0.377 e. The van der Waals surface area contributed by atoms with E-state index in [0.29, 0.717) is 11.5 Å². The zero-order valence-corrected chi connectivity index (χ0v) is 11.0. The first-order chi connectivity index (χ1) is 7.54. The Bertz CT molecular complexity index is 350. The average molecular weight is 242 g/mol. The monoisotopic (exact) mass is 242 g/mol. The predicted octanol–water partition coefficient (Wildman–Crippen LogP) is 2.13. The molecule has 0 fully saturated rings. The summed E-state index contributed by atoms with van der Waals surface area (Å²) in [6.45, 7) is 7.32. The quantitative estimate of drug-likeness (QED) is 0.717. The maximum atomic E-state index is 10.7. The molecule has 1 aromatic heterocycles. The van der Waals surface area contributed by atoms with Gasteiger partial charge in [-0.25, -0.2) is 4.98 Å². The van der Waals surface area contributed by atoms with Gasteiger partial charge in [-0.15, -0.1) is 0 Å². The molecule has 0 amide bonds. The molecule has 0 aliphatic heterocycles. The van der Waals surface area contributed by atoms with E-state index in [1.165, 1.54) is 11.3 Å². The van der Waals surface area contributed by atoms with Crippen LogP contribution in [0.4, 0.5) is 5.13 Å². The van der Waals surface area contributed by atoms with Crippen LogP contribution in [0.1, 0.15) is 29.2 Å². The van der Waals surface area contributed by atoms with Crippen LogP contribution in [-0.2, 0) is 4.74 Å². The number of anilines is 1. The lowest BCUT2D eigenvalue weighted by molar-refractivity contribution is 0.0846. The van der Waals surface area contributed by atoms with Crippen molar-refractivity contribution in [2.75, 3.05) is 25.1 Å².